The Morgan fingerprint density at radius 2 is 2.06 bits per heavy atom. The molecule has 0 amide bonds. The second-order valence-electron chi connectivity index (χ2n) is 3.51. The van der Waals surface area contributed by atoms with Crippen LogP contribution >= 0.6 is 0 Å². The first-order valence-corrected chi connectivity index (χ1v) is 5.45. The Labute approximate surface area is 102 Å². The predicted molar refractivity (Wildman–Crippen MR) is 69.5 cm³/mol. The smallest absolute Gasteiger partial charge is 0.123 e. The fourth-order valence-electron chi connectivity index (χ4n) is 1.46. The number of aliphatic hydroxyl groups excluding tert-OH is 1. The normalized spacial score (nSPS) is 13.6. The topological polar surface area (TPSA) is 37.3 Å². The Morgan fingerprint density at radius 1 is 1.35 bits per heavy atom. The number of carbonyl (C=O) groups excluding carboxylic acids is 1. The van der Waals surface area contributed by atoms with Crippen molar-refractivity contribution in [1.82, 2.24) is 0 Å². The summed E-state index contributed by atoms with van der Waals surface area (Å²) in [7, 11) is 0. The maximum Gasteiger partial charge on any atom is 0.123 e. The zero-order chi connectivity index (χ0) is 12.5. The van der Waals surface area contributed by atoms with E-state index in [4.69, 9.17) is 0 Å². The van der Waals surface area contributed by atoms with Gasteiger partial charge >= 0.3 is 0 Å². The highest BCUT2D eigenvalue weighted by atomic mass is 16.3. The minimum atomic E-state index is -0.715. The van der Waals surface area contributed by atoms with Crippen molar-refractivity contribution in [1.29, 1.82) is 0 Å². The molecule has 1 atom stereocenters. The van der Waals surface area contributed by atoms with E-state index in [1.54, 1.807) is 24.3 Å². The molecule has 0 aliphatic heterocycles. The van der Waals surface area contributed by atoms with Crippen LogP contribution in [0, 0.1) is 0 Å². The maximum absolute atomic E-state index is 10.4. The lowest BCUT2D eigenvalue weighted by molar-refractivity contribution is -0.107. The molecule has 1 unspecified atom stereocenters. The zero-order valence-corrected chi connectivity index (χ0v) is 9.62. The van der Waals surface area contributed by atoms with Crippen LogP contribution in [0.4, 0.5) is 0 Å². The molecule has 0 aromatic heterocycles. The van der Waals surface area contributed by atoms with E-state index < -0.39 is 6.10 Å². The predicted octanol–water partition coefficient (Wildman–Crippen LogP) is 2.98. The fourth-order valence-corrected chi connectivity index (χ4v) is 1.46. The Bertz CT molecular complexity index is 416. The lowest BCUT2D eigenvalue weighted by atomic mass is 10.0. The van der Waals surface area contributed by atoms with Crippen molar-refractivity contribution in [2.24, 2.45) is 0 Å². The molecule has 88 valence electrons. The number of carbonyl (C=O) groups is 1. The average molecular weight is 228 g/mol. The number of benzene rings is 1. The standard InChI is InChI=1S/C15H16O2/c1-2-3-8-13(11-7-12-16)15(17)14-9-5-4-6-10-14/h2-6,8-12,15,17H,1,7H2/b8-3-,13-11+. The Kier molecular flexibility index (Phi) is 5.69. The van der Waals surface area contributed by atoms with E-state index >= 15 is 0 Å². The molecule has 0 bridgehead atoms. The largest absolute Gasteiger partial charge is 0.384 e. The van der Waals surface area contributed by atoms with Crippen molar-refractivity contribution in [2.45, 2.75) is 12.5 Å². The zero-order valence-electron chi connectivity index (χ0n) is 9.62. The summed E-state index contributed by atoms with van der Waals surface area (Å²) in [6.45, 7) is 3.58. The molecule has 0 aliphatic rings. The van der Waals surface area contributed by atoms with E-state index in [9.17, 15) is 9.90 Å². The molecule has 2 heteroatoms. The van der Waals surface area contributed by atoms with Gasteiger partial charge in [-0.05, 0) is 11.1 Å². The van der Waals surface area contributed by atoms with Gasteiger partial charge in [-0.3, -0.25) is 0 Å². The first-order chi connectivity index (χ1) is 8.29. The minimum absolute atomic E-state index is 0.292. The van der Waals surface area contributed by atoms with Gasteiger partial charge in [0.1, 0.15) is 12.4 Å². The summed E-state index contributed by atoms with van der Waals surface area (Å²) in [6.07, 6.45) is 7.22. The van der Waals surface area contributed by atoms with E-state index in [2.05, 4.69) is 6.58 Å². The number of hydrogen-bond donors (Lipinski definition) is 1. The van der Waals surface area contributed by atoms with E-state index in [1.165, 1.54) is 0 Å². The van der Waals surface area contributed by atoms with E-state index in [0.717, 1.165) is 11.8 Å². The van der Waals surface area contributed by atoms with Gasteiger partial charge in [0.25, 0.3) is 0 Å². The molecule has 0 aliphatic carbocycles. The second-order valence-corrected chi connectivity index (χ2v) is 3.51. The van der Waals surface area contributed by atoms with Gasteiger partial charge in [0.2, 0.25) is 0 Å². The molecule has 0 fully saturated rings. The number of hydrogen-bond acceptors (Lipinski definition) is 2. The van der Waals surface area contributed by atoms with Gasteiger partial charge in [-0.15, -0.1) is 0 Å². The lowest BCUT2D eigenvalue weighted by Crippen LogP contribution is -1.99. The highest BCUT2D eigenvalue weighted by Gasteiger charge is 2.09. The van der Waals surface area contributed by atoms with Crippen molar-refractivity contribution in [2.75, 3.05) is 0 Å². The third-order valence-corrected chi connectivity index (χ3v) is 2.31. The molecule has 0 spiro atoms. The SMILES string of the molecule is C=C/C=C\C(=C/CC=O)C(O)c1ccccc1. The van der Waals surface area contributed by atoms with E-state index in [-0.39, 0.29) is 0 Å². The van der Waals surface area contributed by atoms with Crippen molar-refractivity contribution < 1.29 is 9.90 Å². The number of aldehydes is 1. The third kappa shape index (κ3) is 4.21. The van der Waals surface area contributed by atoms with Crippen molar-refractivity contribution in [3.05, 3.63) is 72.4 Å². The summed E-state index contributed by atoms with van der Waals surface area (Å²) in [5.41, 5.74) is 1.50. The van der Waals surface area contributed by atoms with Crippen LogP contribution in [0.25, 0.3) is 0 Å². The van der Waals surface area contributed by atoms with Crippen LogP contribution in [0.3, 0.4) is 0 Å². The molecule has 1 aromatic carbocycles. The van der Waals surface area contributed by atoms with E-state index in [0.29, 0.717) is 12.0 Å². The molecule has 0 saturated carbocycles. The Morgan fingerprint density at radius 3 is 2.65 bits per heavy atom. The first-order valence-electron chi connectivity index (χ1n) is 5.45. The van der Waals surface area contributed by atoms with Gasteiger partial charge < -0.3 is 9.90 Å². The van der Waals surface area contributed by atoms with Crippen LogP contribution < -0.4 is 0 Å². The highest BCUT2D eigenvalue weighted by molar-refractivity contribution is 5.53. The molecular formula is C15H16O2. The maximum atomic E-state index is 10.4. The second kappa shape index (κ2) is 7.36. The van der Waals surface area contributed by atoms with Crippen LogP contribution in [-0.2, 0) is 4.79 Å². The Hall–Kier alpha value is -1.93. The molecule has 1 aromatic rings. The summed E-state index contributed by atoms with van der Waals surface area (Å²) < 4.78 is 0. The molecule has 1 N–H and O–H groups in total. The van der Waals surface area contributed by atoms with Crippen LogP contribution in [0.5, 0.6) is 0 Å². The van der Waals surface area contributed by atoms with E-state index in [1.807, 2.05) is 30.3 Å². The summed E-state index contributed by atoms with van der Waals surface area (Å²) in [5.74, 6) is 0. The van der Waals surface area contributed by atoms with Gasteiger partial charge in [-0.25, -0.2) is 0 Å². The molecule has 0 heterocycles. The highest BCUT2D eigenvalue weighted by Crippen LogP contribution is 2.22. The third-order valence-electron chi connectivity index (χ3n) is 2.31. The van der Waals surface area contributed by atoms with Crippen LogP contribution in [0.1, 0.15) is 18.1 Å². The van der Waals surface area contributed by atoms with Gasteiger partial charge in [0.05, 0.1) is 0 Å². The quantitative estimate of drug-likeness (QED) is 0.600. The van der Waals surface area contributed by atoms with Crippen LogP contribution in [0.2, 0.25) is 0 Å². The Balaban J connectivity index is 2.94. The molecule has 0 saturated heterocycles. The summed E-state index contributed by atoms with van der Waals surface area (Å²) in [4.78, 5) is 10.4. The van der Waals surface area contributed by atoms with Crippen molar-refractivity contribution in [3.8, 4) is 0 Å². The molecule has 17 heavy (non-hydrogen) atoms. The first kappa shape index (κ1) is 13.1. The minimum Gasteiger partial charge on any atom is -0.384 e. The van der Waals surface area contributed by atoms with Crippen LogP contribution in [-0.4, -0.2) is 11.4 Å². The molecule has 0 radical (unpaired) electrons. The fraction of sp³-hybridized carbons (Fsp3) is 0.133. The average Bonchev–Trinajstić information content (AvgIpc) is 2.39. The number of aliphatic hydroxyl groups is 1. The van der Waals surface area contributed by atoms with Gasteiger partial charge in [-0.1, -0.05) is 61.2 Å². The lowest BCUT2D eigenvalue weighted by Gasteiger charge is -2.12. The molecular weight excluding hydrogens is 212 g/mol. The summed E-state index contributed by atoms with van der Waals surface area (Å²) in [5, 5.41) is 10.2. The summed E-state index contributed by atoms with van der Waals surface area (Å²) >= 11 is 0. The van der Waals surface area contributed by atoms with Gasteiger partial charge in [0.15, 0.2) is 0 Å². The van der Waals surface area contributed by atoms with Crippen molar-refractivity contribution >= 4 is 6.29 Å². The number of allylic oxidation sites excluding steroid dienone is 3. The monoisotopic (exact) mass is 228 g/mol. The summed E-state index contributed by atoms with van der Waals surface area (Å²) in [6, 6.07) is 9.33. The molecule has 2 nitrogen and oxygen atoms in total. The molecule has 1 rings (SSSR count). The van der Waals surface area contributed by atoms with Gasteiger partial charge in [0, 0.05) is 6.42 Å². The number of rotatable bonds is 6. The van der Waals surface area contributed by atoms with Crippen molar-refractivity contribution in [3.63, 3.8) is 0 Å². The van der Waals surface area contributed by atoms with Gasteiger partial charge in [-0.2, -0.15) is 0 Å². The van der Waals surface area contributed by atoms with Crippen LogP contribution in [0.15, 0.2) is 66.8 Å².